The monoisotopic (exact) mass is 442 g/mol. The second-order valence-electron chi connectivity index (χ2n) is 8.41. The molecule has 0 bridgehead atoms. The standard InChI is InChI=1S/C18H38N2O6S2/c1-3-5-9-19(10-6-4-2)13-15-20(16-14-19,11-7-17-27(21,22)23)12-8-18-28(24,25)26/h3-18H2,1-2H3. The zero-order chi connectivity index (χ0) is 21.3. The van der Waals surface area contributed by atoms with Crippen LogP contribution in [0.15, 0.2) is 0 Å². The summed E-state index contributed by atoms with van der Waals surface area (Å²) in [5.74, 6) is -0.781. The maximum atomic E-state index is 11.0. The van der Waals surface area contributed by atoms with Crippen LogP contribution >= 0.6 is 0 Å². The summed E-state index contributed by atoms with van der Waals surface area (Å²) in [5.41, 5.74) is 0. The van der Waals surface area contributed by atoms with Gasteiger partial charge in [0.2, 0.25) is 0 Å². The summed E-state index contributed by atoms with van der Waals surface area (Å²) in [5, 5.41) is 0. The molecule has 1 aliphatic heterocycles. The highest BCUT2D eigenvalue weighted by Gasteiger charge is 2.41. The van der Waals surface area contributed by atoms with Gasteiger partial charge in [0.15, 0.2) is 0 Å². The Hall–Kier alpha value is -0.260. The van der Waals surface area contributed by atoms with Crippen molar-refractivity contribution in [3.8, 4) is 0 Å². The van der Waals surface area contributed by atoms with E-state index in [-0.39, 0.29) is 12.8 Å². The van der Waals surface area contributed by atoms with Crippen molar-refractivity contribution in [2.75, 3.05) is 63.9 Å². The number of unbranched alkanes of at least 4 members (excludes halogenated alkanes) is 2. The normalized spacial score (nSPS) is 19.6. The van der Waals surface area contributed by atoms with Crippen molar-refractivity contribution in [3.05, 3.63) is 0 Å². The molecular weight excluding hydrogens is 404 g/mol. The lowest BCUT2D eigenvalue weighted by Gasteiger charge is -2.50. The molecule has 1 fully saturated rings. The largest absolute Gasteiger partial charge is 0.748 e. The lowest BCUT2D eigenvalue weighted by Crippen LogP contribution is -2.67. The van der Waals surface area contributed by atoms with Gasteiger partial charge in [0.05, 0.1) is 46.4 Å². The topological polar surface area (TPSA) is 114 Å². The van der Waals surface area contributed by atoms with Crippen molar-refractivity contribution in [3.63, 3.8) is 0 Å². The SMILES string of the molecule is CCCC[N+]1(CCCC)CC[N+](CCCS(=O)(=O)[O-])(CCCS(=O)(=O)[O-])CC1. The van der Waals surface area contributed by atoms with Gasteiger partial charge in [-0.2, -0.15) is 0 Å². The molecule has 0 saturated carbocycles. The fraction of sp³-hybridized carbons (Fsp3) is 1.00. The zero-order valence-corrected chi connectivity index (χ0v) is 19.1. The quantitative estimate of drug-likeness (QED) is 0.294. The molecule has 0 unspecified atom stereocenters. The van der Waals surface area contributed by atoms with E-state index in [0.29, 0.717) is 17.6 Å². The third kappa shape index (κ3) is 9.98. The number of piperazine rings is 1. The Morgan fingerprint density at radius 3 is 1.14 bits per heavy atom. The van der Waals surface area contributed by atoms with Crippen molar-refractivity contribution in [1.29, 1.82) is 0 Å². The van der Waals surface area contributed by atoms with Crippen molar-refractivity contribution in [2.45, 2.75) is 52.4 Å². The van der Waals surface area contributed by atoms with Gasteiger partial charge in [-0.3, -0.25) is 0 Å². The summed E-state index contributed by atoms with van der Waals surface area (Å²) in [7, 11) is -8.50. The third-order valence-electron chi connectivity index (χ3n) is 6.12. The van der Waals surface area contributed by atoms with Crippen molar-refractivity contribution in [2.24, 2.45) is 0 Å². The van der Waals surface area contributed by atoms with E-state index in [1.165, 1.54) is 12.8 Å². The molecule has 0 radical (unpaired) electrons. The second kappa shape index (κ2) is 11.2. The summed E-state index contributed by atoms with van der Waals surface area (Å²) < 4.78 is 67.5. The van der Waals surface area contributed by atoms with Crippen LogP contribution in [0.2, 0.25) is 0 Å². The van der Waals surface area contributed by atoms with Crippen molar-refractivity contribution in [1.82, 2.24) is 0 Å². The van der Waals surface area contributed by atoms with Gasteiger partial charge in [-0.05, 0) is 12.8 Å². The predicted octanol–water partition coefficient (Wildman–Crippen LogP) is 1.10. The highest BCUT2D eigenvalue weighted by Crippen LogP contribution is 2.23. The molecular formula is C18H38N2O6S2. The maximum Gasteiger partial charge on any atom is 0.129 e. The van der Waals surface area contributed by atoms with Crippen molar-refractivity contribution < 1.29 is 34.9 Å². The summed E-state index contributed by atoms with van der Waals surface area (Å²) >= 11 is 0. The molecule has 1 rings (SSSR count). The molecule has 168 valence electrons. The van der Waals surface area contributed by atoms with Crippen LogP contribution in [-0.4, -0.2) is 98.8 Å². The Labute approximate surface area is 171 Å². The molecule has 1 saturated heterocycles. The van der Waals surface area contributed by atoms with Crippen LogP contribution in [0, 0.1) is 0 Å². The number of rotatable bonds is 14. The molecule has 28 heavy (non-hydrogen) atoms. The molecule has 0 N–H and O–H groups in total. The Morgan fingerprint density at radius 1 is 0.607 bits per heavy atom. The van der Waals surface area contributed by atoms with Gasteiger partial charge >= 0.3 is 0 Å². The van der Waals surface area contributed by atoms with E-state index >= 15 is 0 Å². The van der Waals surface area contributed by atoms with Gasteiger partial charge in [-0.15, -0.1) is 0 Å². The van der Waals surface area contributed by atoms with E-state index in [2.05, 4.69) is 13.8 Å². The Kier molecular flexibility index (Phi) is 10.3. The first kappa shape index (κ1) is 25.8. The maximum absolute atomic E-state index is 11.0. The van der Waals surface area contributed by atoms with Gasteiger partial charge < -0.3 is 18.1 Å². The molecule has 0 aromatic heterocycles. The van der Waals surface area contributed by atoms with Gasteiger partial charge in [0, 0.05) is 24.3 Å². The van der Waals surface area contributed by atoms with Crippen molar-refractivity contribution >= 4 is 20.2 Å². The van der Waals surface area contributed by atoms with E-state index in [0.717, 1.165) is 56.6 Å². The van der Waals surface area contributed by atoms with E-state index in [1.807, 2.05) is 0 Å². The fourth-order valence-electron chi connectivity index (χ4n) is 4.33. The highest BCUT2D eigenvalue weighted by molar-refractivity contribution is 7.85. The second-order valence-corrected chi connectivity index (χ2v) is 11.5. The summed E-state index contributed by atoms with van der Waals surface area (Å²) in [6.07, 6.45) is 5.20. The molecule has 8 nitrogen and oxygen atoms in total. The number of hydrogen-bond donors (Lipinski definition) is 0. The minimum atomic E-state index is -4.25. The molecule has 0 spiro atoms. The average molecular weight is 443 g/mol. The average Bonchev–Trinajstić information content (AvgIpc) is 2.58. The van der Waals surface area contributed by atoms with E-state index in [4.69, 9.17) is 0 Å². The molecule has 0 aromatic carbocycles. The summed E-state index contributed by atoms with van der Waals surface area (Å²) in [6.45, 7) is 11.4. The Bertz CT molecular complexity index is 606. The molecule has 0 aliphatic carbocycles. The van der Waals surface area contributed by atoms with Gasteiger partial charge in [-0.25, -0.2) is 16.8 Å². The number of quaternary nitrogens is 2. The van der Waals surface area contributed by atoms with Crippen LogP contribution in [0.25, 0.3) is 0 Å². The number of hydrogen-bond acceptors (Lipinski definition) is 6. The minimum absolute atomic E-state index is 0.278. The van der Waals surface area contributed by atoms with Crippen LogP contribution in [0.1, 0.15) is 52.4 Å². The van der Waals surface area contributed by atoms with E-state index in [9.17, 15) is 25.9 Å². The molecule has 0 atom stereocenters. The summed E-state index contributed by atoms with van der Waals surface area (Å²) in [6, 6.07) is 0. The highest BCUT2D eigenvalue weighted by atomic mass is 32.2. The predicted molar refractivity (Wildman–Crippen MR) is 108 cm³/mol. The molecule has 0 amide bonds. The third-order valence-corrected chi connectivity index (χ3v) is 7.70. The molecule has 10 heteroatoms. The lowest BCUT2D eigenvalue weighted by molar-refractivity contribution is -1.03. The fourth-order valence-corrected chi connectivity index (χ4v) is 5.30. The first-order valence-corrected chi connectivity index (χ1v) is 13.7. The van der Waals surface area contributed by atoms with Crippen LogP contribution in [-0.2, 0) is 20.2 Å². The Balaban J connectivity index is 2.81. The van der Waals surface area contributed by atoms with Gasteiger partial charge in [0.25, 0.3) is 0 Å². The van der Waals surface area contributed by atoms with Gasteiger partial charge in [-0.1, -0.05) is 26.7 Å². The lowest BCUT2D eigenvalue weighted by atomic mass is 10.1. The molecule has 0 aromatic rings. The van der Waals surface area contributed by atoms with E-state index < -0.39 is 31.7 Å². The van der Waals surface area contributed by atoms with E-state index in [1.54, 1.807) is 0 Å². The molecule has 1 aliphatic rings. The minimum Gasteiger partial charge on any atom is -0.748 e. The smallest absolute Gasteiger partial charge is 0.129 e. The Morgan fingerprint density at radius 2 is 0.893 bits per heavy atom. The zero-order valence-electron chi connectivity index (χ0n) is 17.5. The first-order chi connectivity index (χ1) is 12.9. The van der Waals surface area contributed by atoms with Crippen LogP contribution in [0.3, 0.4) is 0 Å². The first-order valence-electron chi connectivity index (χ1n) is 10.5. The van der Waals surface area contributed by atoms with Crippen LogP contribution in [0.5, 0.6) is 0 Å². The van der Waals surface area contributed by atoms with Crippen LogP contribution in [0.4, 0.5) is 0 Å². The molecule has 1 heterocycles. The van der Waals surface area contributed by atoms with Gasteiger partial charge in [0.1, 0.15) is 26.2 Å². The summed E-state index contributed by atoms with van der Waals surface area (Å²) in [4.78, 5) is 0. The number of nitrogens with zero attached hydrogens (tertiary/aromatic N) is 2. The van der Waals surface area contributed by atoms with Crippen LogP contribution < -0.4 is 0 Å².